The number of benzene rings is 1. The van der Waals surface area contributed by atoms with E-state index < -0.39 is 5.97 Å². The molecule has 0 heterocycles. The maximum Gasteiger partial charge on any atom is 0.335 e. The van der Waals surface area contributed by atoms with E-state index >= 15 is 0 Å². The van der Waals surface area contributed by atoms with E-state index in [0.717, 1.165) is 29.3 Å². The second-order valence-electron chi connectivity index (χ2n) is 9.38. The molecule has 0 radical (unpaired) electrons. The van der Waals surface area contributed by atoms with Gasteiger partial charge in [0.05, 0.1) is 12.2 Å². The quantitative estimate of drug-likeness (QED) is 0.355. The van der Waals surface area contributed by atoms with Crippen molar-refractivity contribution < 1.29 is 14.1 Å². The molecule has 0 saturated heterocycles. The molecule has 1 aromatic carbocycles. The summed E-state index contributed by atoms with van der Waals surface area (Å²) in [6, 6.07) is 6.95. The molecule has 4 heteroatoms. The van der Waals surface area contributed by atoms with Crippen LogP contribution in [0.5, 0.6) is 0 Å². The first-order chi connectivity index (χ1) is 15.5. The Bertz CT molecular complexity index is 756. The van der Waals surface area contributed by atoms with Crippen molar-refractivity contribution in [1.29, 1.82) is 0 Å². The lowest BCUT2D eigenvalue weighted by Gasteiger charge is -2.54. The van der Waals surface area contributed by atoms with Gasteiger partial charge in [0.2, 0.25) is 0 Å². The first-order valence-electron chi connectivity index (χ1n) is 12.3. The number of rotatable bonds is 5. The molecular weight excluding hydrogens is 416 g/mol. The first-order valence-corrected chi connectivity index (χ1v) is 13.0. The molecule has 0 bridgehead atoms. The van der Waals surface area contributed by atoms with Crippen molar-refractivity contribution in [2.45, 2.75) is 77.5 Å². The molecular formula is C28H42O3S. The summed E-state index contributed by atoms with van der Waals surface area (Å²) in [6.07, 6.45) is 11.9. The van der Waals surface area contributed by atoms with Crippen molar-refractivity contribution in [2.75, 3.05) is 6.61 Å². The number of hydrogen-bond acceptors (Lipinski definition) is 3. The van der Waals surface area contributed by atoms with Crippen LogP contribution in [0.25, 0.3) is 0 Å². The third-order valence-electron chi connectivity index (χ3n) is 7.55. The molecule has 0 aliphatic heterocycles. The van der Waals surface area contributed by atoms with Gasteiger partial charge in [-0.2, -0.15) is 0 Å². The van der Waals surface area contributed by atoms with Gasteiger partial charge in [0.25, 0.3) is 0 Å². The van der Waals surface area contributed by atoms with Gasteiger partial charge in [0.15, 0.2) is 0 Å². The molecule has 32 heavy (non-hydrogen) atoms. The highest BCUT2D eigenvalue weighted by Gasteiger charge is 2.49. The summed E-state index contributed by atoms with van der Waals surface area (Å²) in [5, 5.41) is 9.01. The minimum absolute atomic E-state index is 0.319. The molecule has 2 saturated carbocycles. The lowest BCUT2D eigenvalue weighted by atomic mass is 9.51. The van der Waals surface area contributed by atoms with Crippen molar-refractivity contribution >= 4 is 18.0 Å². The Kier molecular flexibility index (Phi) is 10.6. The molecule has 3 nitrogen and oxygen atoms in total. The molecule has 5 atom stereocenters. The van der Waals surface area contributed by atoms with Gasteiger partial charge in [0.1, 0.15) is 0 Å². The summed E-state index contributed by atoms with van der Waals surface area (Å²) in [5.74, 6) is 2.16. The molecule has 0 amide bonds. The van der Waals surface area contributed by atoms with Crippen molar-refractivity contribution in [3.8, 4) is 0 Å². The normalized spacial score (nSPS) is 30.8. The van der Waals surface area contributed by atoms with E-state index in [4.69, 9.17) is 9.29 Å². The van der Waals surface area contributed by atoms with Crippen molar-refractivity contribution in [1.82, 2.24) is 0 Å². The molecule has 1 N–H and O–H groups in total. The Morgan fingerprint density at radius 3 is 2.53 bits per heavy atom. The Morgan fingerprint density at radius 2 is 1.88 bits per heavy atom. The van der Waals surface area contributed by atoms with Gasteiger partial charge in [-0.1, -0.05) is 45.8 Å². The Morgan fingerprint density at radius 1 is 1.19 bits per heavy atom. The number of hydrogen-bond donors (Lipinski definition) is 1. The van der Waals surface area contributed by atoms with Crippen LogP contribution in [-0.2, 0) is 4.18 Å². The zero-order valence-corrected chi connectivity index (χ0v) is 21.3. The lowest BCUT2D eigenvalue weighted by Crippen LogP contribution is -2.46. The summed E-state index contributed by atoms with van der Waals surface area (Å²) in [4.78, 5) is 11.9. The first kappa shape index (κ1) is 26.7. The zero-order valence-electron chi connectivity index (χ0n) is 20.4. The van der Waals surface area contributed by atoms with E-state index in [0.29, 0.717) is 16.9 Å². The van der Waals surface area contributed by atoms with Crippen LogP contribution in [0.1, 0.15) is 83.0 Å². The Labute approximate surface area is 199 Å². The second kappa shape index (κ2) is 12.6. The number of carbonyl (C=O) groups is 1. The number of aromatic carboxylic acids is 1. The third kappa shape index (κ3) is 6.08. The van der Waals surface area contributed by atoms with Crippen LogP contribution in [0.4, 0.5) is 0 Å². The summed E-state index contributed by atoms with van der Waals surface area (Å²) in [6.45, 7) is 15.7. The van der Waals surface area contributed by atoms with E-state index in [1.165, 1.54) is 57.0 Å². The summed E-state index contributed by atoms with van der Waals surface area (Å²) >= 11 is 1.39. The fourth-order valence-corrected chi connectivity index (χ4v) is 6.78. The van der Waals surface area contributed by atoms with Crippen molar-refractivity contribution in [3.63, 3.8) is 0 Å². The van der Waals surface area contributed by atoms with Crippen LogP contribution >= 0.6 is 12.0 Å². The highest BCUT2D eigenvalue weighted by atomic mass is 32.2. The van der Waals surface area contributed by atoms with Crippen molar-refractivity contribution in [3.05, 3.63) is 54.6 Å². The van der Waals surface area contributed by atoms with Crippen LogP contribution in [0.15, 0.2) is 54.0 Å². The highest BCUT2D eigenvalue weighted by molar-refractivity contribution is 7.94. The van der Waals surface area contributed by atoms with E-state index in [9.17, 15) is 4.79 Å². The summed E-state index contributed by atoms with van der Waals surface area (Å²) < 4.78 is 6.06. The number of allylic oxidation sites excluding steroid dienone is 2. The Balaban J connectivity index is 0.000000860. The molecule has 2 fully saturated rings. The van der Waals surface area contributed by atoms with E-state index in [-0.39, 0.29) is 0 Å². The van der Waals surface area contributed by atoms with Gasteiger partial charge in [-0.15, -0.1) is 13.2 Å². The molecule has 1 aromatic rings. The monoisotopic (exact) mass is 458 g/mol. The lowest BCUT2D eigenvalue weighted by molar-refractivity contribution is 0.0186. The standard InChI is InChI=1S/C24H32O3S.C2H6.C2H4/c1-16-5-11-21-18(14-16)8-12-22-19(4-3-13-24(21,22)2)15-27-28-20-9-6-17(7-10-20)23(25)26;2*1-2/h6-7,9-11,16,18-19,22H,3-5,8,12-15H2,1-2H3,(H,25,26);1-2H3;1-2H2/t16?,18?,19-,22?,24-;;/m0../s1. The molecule has 3 aliphatic carbocycles. The van der Waals surface area contributed by atoms with Crippen LogP contribution < -0.4 is 0 Å². The largest absolute Gasteiger partial charge is 0.478 e. The van der Waals surface area contributed by atoms with Gasteiger partial charge in [-0.3, -0.25) is 0 Å². The van der Waals surface area contributed by atoms with Crippen LogP contribution in [-0.4, -0.2) is 17.7 Å². The predicted molar refractivity (Wildman–Crippen MR) is 136 cm³/mol. The number of carboxylic acid groups (broad SMARTS) is 1. The van der Waals surface area contributed by atoms with Crippen molar-refractivity contribution in [2.24, 2.45) is 29.1 Å². The SMILES string of the molecule is C=C.CC.CC1CC=C2C(CCC3[C@H](COSc4ccc(C(=O)O)cc4)CCC[C@@]23C)C1. The van der Waals surface area contributed by atoms with Gasteiger partial charge < -0.3 is 9.29 Å². The van der Waals surface area contributed by atoms with Gasteiger partial charge >= 0.3 is 5.97 Å². The molecule has 178 valence electrons. The predicted octanol–water partition coefficient (Wildman–Crippen LogP) is 8.43. The minimum atomic E-state index is -0.888. The van der Waals surface area contributed by atoms with Gasteiger partial charge in [-0.25, -0.2) is 4.79 Å². The second-order valence-corrected chi connectivity index (χ2v) is 10.3. The van der Waals surface area contributed by atoms with E-state index in [1.807, 2.05) is 26.0 Å². The molecule has 3 unspecified atom stereocenters. The molecule has 4 rings (SSSR count). The molecule has 0 spiro atoms. The maximum absolute atomic E-state index is 11.0. The van der Waals surface area contributed by atoms with Crippen LogP contribution in [0.2, 0.25) is 0 Å². The smallest absolute Gasteiger partial charge is 0.335 e. The fraction of sp³-hybridized carbons (Fsp3) is 0.607. The third-order valence-corrected chi connectivity index (χ3v) is 8.27. The average molecular weight is 459 g/mol. The topological polar surface area (TPSA) is 46.5 Å². The highest BCUT2D eigenvalue weighted by Crippen LogP contribution is 2.59. The summed E-state index contributed by atoms with van der Waals surface area (Å²) in [5.41, 5.74) is 2.48. The maximum atomic E-state index is 11.0. The van der Waals surface area contributed by atoms with Gasteiger partial charge in [0, 0.05) is 16.9 Å². The Hall–Kier alpha value is -1.52. The molecule has 3 aliphatic rings. The number of fused-ring (bicyclic) bond motifs is 3. The van der Waals surface area contributed by atoms with E-state index in [1.54, 1.807) is 17.7 Å². The van der Waals surface area contributed by atoms with E-state index in [2.05, 4.69) is 33.1 Å². The van der Waals surface area contributed by atoms with Crippen LogP contribution in [0, 0.1) is 29.1 Å². The van der Waals surface area contributed by atoms with Crippen LogP contribution in [0.3, 0.4) is 0 Å². The average Bonchev–Trinajstić information content (AvgIpc) is 2.81. The number of carboxylic acids is 1. The minimum Gasteiger partial charge on any atom is -0.478 e. The summed E-state index contributed by atoms with van der Waals surface area (Å²) in [7, 11) is 0. The van der Waals surface area contributed by atoms with Gasteiger partial charge in [-0.05, 0) is 91.9 Å². The fourth-order valence-electron chi connectivity index (χ4n) is 6.15. The zero-order chi connectivity index (χ0) is 23.7. The molecule has 0 aromatic heterocycles.